The van der Waals surface area contributed by atoms with Crippen LogP contribution in [0.4, 0.5) is 26.3 Å². The van der Waals surface area contributed by atoms with E-state index in [-0.39, 0.29) is 5.69 Å². The molecule has 2 heterocycles. The molecule has 0 aliphatic carbocycles. The first kappa shape index (κ1) is 13.6. The van der Waals surface area contributed by atoms with Crippen molar-refractivity contribution in [2.45, 2.75) is 24.4 Å². The molecule has 19 heavy (non-hydrogen) atoms. The first-order valence-electron chi connectivity index (χ1n) is 5.09. The van der Waals surface area contributed by atoms with Gasteiger partial charge >= 0.3 is 12.4 Å². The Morgan fingerprint density at radius 2 is 1.68 bits per heavy atom. The molecule has 1 aliphatic rings. The lowest BCUT2D eigenvalue weighted by Gasteiger charge is -2.22. The predicted molar refractivity (Wildman–Crippen MR) is 53.6 cm³/mol. The predicted octanol–water partition coefficient (Wildman–Crippen LogP) is 2.29. The first-order valence-corrected chi connectivity index (χ1v) is 5.09. The molecule has 9 heteroatoms. The van der Waals surface area contributed by atoms with E-state index in [1.165, 1.54) is 24.4 Å². The van der Waals surface area contributed by atoms with Crippen LogP contribution in [0.2, 0.25) is 0 Å². The zero-order chi connectivity index (χ0) is 14.3. The lowest BCUT2D eigenvalue weighted by Crippen LogP contribution is -2.51. The van der Waals surface area contributed by atoms with E-state index in [4.69, 9.17) is 0 Å². The zero-order valence-electron chi connectivity index (χ0n) is 9.13. The van der Waals surface area contributed by atoms with Crippen LogP contribution >= 0.6 is 0 Å². The van der Waals surface area contributed by atoms with Gasteiger partial charge in [0.15, 0.2) is 12.1 Å². The molecule has 0 saturated heterocycles. The Labute approximate surface area is 103 Å². The molecular formula is C10H7F6N3. The van der Waals surface area contributed by atoms with Crippen LogP contribution in [-0.2, 0) is 0 Å². The van der Waals surface area contributed by atoms with Gasteiger partial charge in [-0.2, -0.15) is 26.3 Å². The van der Waals surface area contributed by atoms with Crippen LogP contribution in [0.1, 0.15) is 5.69 Å². The van der Waals surface area contributed by atoms with Gasteiger partial charge in [0, 0.05) is 6.20 Å². The molecule has 0 aromatic carbocycles. The number of amidine groups is 1. The molecule has 1 aromatic heterocycles. The molecule has 0 bridgehead atoms. The van der Waals surface area contributed by atoms with Gasteiger partial charge in [0.25, 0.3) is 0 Å². The van der Waals surface area contributed by atoms with Crippen molar-refractivity contribution in [3.63, 3.8) is 0 Å². The van der Waals surface area contributed by atoms with E-state index in [0.717, 1.165) is 0 Å². The fourth-order valence-corrected chi connectivity index (χ4v) is 1.64. The van der Waals surface area contributed by atoms with Crippen molar-refractivity contribution in [1.82, 2.24) is 10.3 Å². The Balaban J connectivity index is 2.35. The van der Waals surface area contributed by atoms with Crippen molar-refractivity contribution in [3.05, 3.63) is 30.1 Å². The summed E-state index contributed by atoms with van der Waals surface area (Å²) < 4.78 is 75.4. The summed E-state index contributed by atoms with van der Waals surface area (Å²) in [5.74, 6) is -0.509. The quantitative estimate of drug-likeness (QED) is 0.803. The fraction of sp³-hybridized carbons (Fsp3) is 0.400. The molecule has 2 rings (SSSR count). The van der Waals surface area contributed by atoms with Crippen molar-refractivity contribution >= 4 is 5.84 Å². The van der Waals surface area contributed by atoms with E-state index in [9.17, 15) is 26.3 Å². The number of pyridine rings is 1. The summed E-state index contributed by atoms with van der Waals surface area (Å²) in [5.41, 5.74) is -0.0662. The zero-order valence-corrected chi connectivity index (χ0v) is 9.13. The minimum absolute atomic E-state index is 0.0662. The summed E-state index contributed by atoms with van der Waals surface area (Å²) in [4.78, 5) is 6.74. The van der Waals surface area contributed by atoms with Gasteiger partial charge in [-0.1, -0.05) is 6.07 Å². The molecule has 2 unspecified atom stereocenters. The Kier molecular flexibility index (Phi) is 3.15. The highest BCUT2D eigenvalue weighted by Crippen LogP contribution is 2.36. The minimum Gasteiger partial charge on any atom is -0.355 e. The molecular weight excluding hydrogens is 276 g/mol. The molecule has 3 nitrogen and oxygen atoms in total. The van der Waals surface area contributed by atoms with Gasteiger partial charge in [0.2, 0.25) is 0 Å². The van der Waals surface area contributed by atoms with E-state index in [1.54, 1.807) is 5.32 Å². The van der Waals surface area contributed by atoms with E-state index in [2.05, 4.69) is 9.98 Å². The van der Waals surface area contributed by atoms with Gasteiger partial charge in [0.1, 0.15) is 11.5 Å². The van der Waals surface area contributed by atoms with Crippen LogP contribution in [0.25, 0.3) is 0 Å². The van der Waals surface area contributed by atoms with Crippen LogP contribution in [0.3, 0.4) is 0 Å². The standard InChI is InChI=1S/C10H7F6N3/c11-9(12,13)6-7(10(14,15)16)19-8(18-6)5-3-1-2-4-17-5/h1-4,6-7H,(H,18,19). The second kappa shape index (κ2) is 4.39. The number of rotatable bonds is 1. The maximum atomic E-state index is 12.6. The van der Waals surface area contributed by atoms with E-state index in [0.29, 0.717) is 0 Å². The summed E-state index contributed by atoms with van der Waals surface area (Å²) in [6.07, 6.45) is -8.88. The molecule has 0 amide bonds. The molecule has 0 saturated carbocycles. The Hall–Kier alpha value is -1.80. The summed E-state index contributed by atoms with van der Waals surface area (Å²) in [6.45, 7) is 0. The maximum absolute atomic E-state index is 12.6. The van der Waals surface area contributed by atoms with Gasteiger partial charge in [-0.3, -0.25) is 9.98 Å². The fourth-order valence-electron chi connectivity index (χ4n) is 1.64. The Morgan fingerprint density at radius 3 is 2.11 bits per heavy atom. The number of nitrogens with one attached hydrogen (secondary N) is 1. The topological polar surface area (TPSA) is 37.3 Å². The second-order valence-electron chi connectivity index (χ2n) is 3.84. The van der Waals surface area contributed by atoms with Crippen molar-refractivity contribution in [3.8, 4) is 0 Å². The monoisotopic (exact) mass is 283 g/mol. The minimum atomic E-state index is -5.08. The highest BCUT2D eigenvalue weighted by atomic mass is 19.4. The largest absolute Gasteiger partial charge is 0.413 e. The number of hydrogen-bond acceptors (Lipinski definition) is 3. The summed E-state index contributed by atoms with van der Waals surface area (Å²) in [6, 6.07) is -1.44. The highest BCUT2D eigenvalue weighted by molar-refractivity contribution is 5.98. The molecule has 1 aromatic rings. The average Bonchev–Trinajstić information content (AvgIpc) is 2.74. The average molecular weight is 283 g/mol. The Morgan fingerprint density at radius 1 is 1.00 bits per heavy atom. The third-order valence-electron chi connectivity index (χ3n) is 2.47. The van der Waals surface area contributed by atoms with Crippen LogP contribution in [0, 0.1) is 0 Å². The number of alkyl halides is 6. The van der Waals surface area contributed by atoms with Gasteiger partial charge in [-0.25, -0.2) is 0 Å². The van der Waals surface area contributed by atoms with E-state index >= 15 is 0 Å². The molecule has 1 aliphatic heterocycles. The first-order chi connectivity index (χ1) is 8.69. The third kappa shape index (κ3) is 2.79. The third-order valence-corrected chi connectivity index (χ3v) is 2.47. The van der Waals surface area contributed by atoms with Gasteiger partial charge in [-0.15, -0.1) is 0 Å². The van der Waals surface area contributed by atoms with Crippen LogP contribution in [-0.4, -0.2) is 35.3 Å². The molecule has 1 N–H and O–H groups in total. The Bertz CT molecular complexity index is 478. The summed E-state index contributed by atoms with van der Waals surface area (Å²) >= 11 is 0. The molecule has 0 radical (unpaired) electrons. The van der Waals surface area contributed by atoms with Crippen molar-refractivity contribution in [1.29, 1.82) is 0 Å². The number of halogens is 6. The SMILES string of the molecule is FC(F)(F)C1N=C(c2ccccn2)NC1C(F)(F)F. The maximum Gasteiger partial charge on any atom is 0.413 e. The molecule has 0 fully saturated rings. The number of hydrogen-bond donors (Lipinski definition) is 1. The van der Waals surface area contributed by atoms with Crippen LogP contribution < -0.4 is 5.32 Å². The van der Waals surface area contributed by atoms with Crippen molar-refractivity contribution in [2.24, 2.45) is 4.99 Å². The van der Waals surface area contributed by atoms with E-state index < -0.39 is 30.3 Å². The smallest absolute Gasteiger partial charge is 0.355 e. The van der Waals surface area contributed by atoms with E-state index in [1.807, 2.05) is 0 Å². The van der Waals surface area contributed by atoms with Crippen LogP contribution in [0.15, 0.2) is 29.4 Å². The molecule has 2 atom stereocenters. The normalized spacial score (nSPS) is 24.0. The highest BCUT2D eigenvalue weighted by Gasteiger charge is 2.58. The van der Waals surface area contributed by atoms with Crippen molar-refractivity contribution in [2.75, 3.05) is 0 Å². The summed E-state index contributed by atoms with van der Waals surface area (Å²) in [5, 5.41) is 1.75. The van der Waals surface area contributed by atoms with Crippen LogP contribution in [0.5, 0.6) is 0 Å². The van der Waals surface area contributed by atoms with Crippen molar-refractivity contribution < 1.29 is 26.3 Å². The van der Waals surface area contributed by atoms with Gasteiger partial charge in [-0.05, 0) is 12.1 Å². The molecule has 0 spiro atoms. The van der Waals surface area contributed by atoms with Gasteiger partial charge in [0.05, 0.1) is 0 Å². The molecule has 104 valence electrons. The second-order valence-corrected chi connectivity index (χ2v) is 3.84. The lowest BCUT2D eigenvalue weighted by molar-refractivity contribution is -0.204. The lowest BCUT2D eigenvalue weighted by atomic mass is 10.1. The number of aliphatic imine (C=N–C) groups is 1. The van der Waals surface area contributed by atoms with Gasteiger partial charge < -0.3 is 5.32 Å². The number of aromatic nitrogens is 1. The summed E-state index contributed by atoms with van der Waals surface area (Å²) in [7, 11) is 0. The number of nitrogens with zero attached hydrogens (tertiary/aromatic N) is 2.